The van der Waals surface area contributed by atoms with Crippen molar-refractivity contribution in [3.8, 4) is 5.75 Å². The van der Waals surface area contributed by atoms with Gasteiger partial charge in [-0.3, -0.25) is 0 Å². The fourth-order valence-electron chi connectivity index (χ4n) is 3.95. The van der Waals surface area contributed by atoms with E-state index in [2.05, 4.69) is 48.7 Å². The van der Waals surface area contributed by atoms with Crippen molar-refractivity contribution in [3.05, 3.63) is 69.7 Å². The Balaban J connectivity index is 1.68. The van der Waals surface area contributed by atoms with E-state index in [4.69, 9.17) is 27.9 Å². The molecule has 3 atom stereocenters. The summed E-state index contributed by atoms with van der Waals surface area (Å²) in [4.78, 5) is 0. The number of benzene rings is 2. The molecular formula is C21H21Cl2NO. The third-order valence-electron chi connectivity index (χ3n) is 5.13. The molecule has 0 radical (unpaired) electrons. The summed E-state index contributed by atoms with van der Waals surface area (Å²) in [7, 11) is 0. The number of ether oxygens (including phenoxy) is 1. The summed E-state index contributed by atoms with van der Waals surface area (Å²) >= 11 is 13.0. The summed E-state index contributed by atoms with van der Waals surface area (Å²) in [6, 6.07) is 12.4. The topological polar surface area (TPSA) is 21.3 Å². The van der Waals surface area contributed by atoms with E-state index in [0.29, 0.717) is 11.8 Å². The Kier molecular flexibility index (Phi) is 4.66. The van der Waals surface area contributed by atoms with E-state index in [1.165, 1.54) is 5.56 Å². The van der Waals surface area contributed by atoms with Gasteiger partial charge >= 0.3 is 0 Å². The maximum atomic E-state index is 6.49. The van der Waals surface area contributed by atoms with Crippen LogP contribution in [-0.4, -0.2) is 6.61 Å². The molecule has 4 heteroatoms. The Morgan fingerprint density at radius 1 is 1.08 bits per heavy atom. The van der Waals surface area contributed by atoms with Gasteiger partial charge < -0.3 is 10.1 Å². The molecule has 2 aliphatic rings. The van der Waals surface area contributed by atoms with Crippen LogP contribution in [0.5, 0.6) is 5.75 Å². The first-order chi connectivity index (χ1) is 12.2. The van der Waals surface area contributed by atoms with E-state index in [1.54, 1.807) is 0 Å². The van der Waals surface area contributed by atoms with Gasteiger partial charge in [0.05, 0.1) is 23.4 Å². The van der Waals surface area contributed by atoms with Gasteiger partial charge in [0.1, 0.15) is 5.75 Å². The standard InChI is InChI=1S/C21H21Cl2NO/c1-2-12-25-14-8-6-13(7-9-14)20-16-5-3-4-15(16)19-17(22)10-11-18(23)21(19)24-20/h3-4,6-11,15-16,20,24H,2,5,12H2,1H3/t15-,16+,20+/m1/s1. The second kappa shape index (κ2) is 6.93. The van der Waals surface area contributed by atoms with Gasteiger partial charge in [-0.15, -0.1) is 0 Å². The highest BCUT2D eigenvalue weighted by molar-refractivity contribution is 6.36. The zero-order chi connectivity index (χ0) is 17.4. The molecule has 0 spiro atoms. The highest BCUT2D eigenvalue weighted by Crippen LogP contribution is 2.53. The molecule has 1 aliphatic carbocycles. The number of hydrogen-bond donors (Lipinski definition) is 1. The van der Waals surface area contributed by atoms with Gasteiger partial charge in [0.25, 0.3) is 0 Å². The monoisotopic (exact) mass is 373 g/mol. The van der Waals surface area contributed by atoms with Gasteiger partial charge in [-0.2, -0.15) is 0 Å². The van der Waals surface area contributed by atoms with Gasteiger partial charge in [0.2, 0.25) is 0 Å². The Morgan fingerprint density at radius 2 is 1.84 bits per heavy atom. The molecule has 1 aliphatic heterocycles. The Labute approximate surface area is 158 Å². The molecule has 2 nitrogen and oxygen atoms in total. The first-order valence-corrected chi connectivity index (χ1v) is 9.58. The minimum Gasteiger partial charge on any atom is -0.494 e. The molecule has 0 saturated heterocycles. The largest absolute Gasteiger partial charge is 0.494 e. The highest BCUT2D eigenvalue weighted by atomic mass is 35.5. The normalized spacial score (nSPS) is 23.7. The van der Waals surface area contributed by atoms with Crippen LogP contribution in [0.3, 0.4) is 0 Å². The van der Waals surface area contributed by atoms with E-state index in [0.717, 1.165) is 46.5 Å². The van der Waals surface area contributed by atoms with Crippen LogP contribution in [-0.2, 0) is 0 Å². The van der Waals surface area contributed by atoms with Gasteiger partial charge in [-0.05, 0) is 48.6 Å². The number of nitrogens with one attached hydrogen (secondary N) is 1. The van der Waals surface area contributed by atoms with Crippen LogP contribution in [0.15, 0.2) is 48.6 Å². The Bertz CT molecular complexity index is 800. The van der Waals surface area contributed by atoms with E-state index in [9.17, 15) is 0 Å². The summed E-state index contributed by atoms with van der Waals surface area (Å²) in [5.41, 5.74) is 3.36. The van der Waals surface area contributed by atoms with Crippen molar-refractivity contribution in [1.29, 1.82) is 0 Å². The maximum Gasteiger partial charge on any atom is 0.119 e. The number of rotatable bonds is 4. The summed E-state index contributed by atoms with van der Waals surface area (Å²) in [6.45, 7) is 2.86. The van der Waals surface area contributed by atoms with Crippen molar-refractivity contribution in [2.24, 2.45) is 5.92 Å². The van der Waals surface area contributed by atoms with Crippen LogP contribution in [0.2, 0.25) is 10.0 Å². The summed E-state index contributed by atoms with van der Waals surface area (Å²) < 4.78 is 5.70. The molecule has 130 valence electrons. The fourth-order valence-corrected chi connectivity index (χ4v) is 4.45. The number of hydrogen-bond acceptors (Lipinski definition) is 2. The average Bonchev–Trinajstić information content (AvgIpc) is 3.12. The summed E-state index contributed by atoms with van der Waals surface area (Å²) in [6.07, 6.45) is 6.59. The lowest BCUT2D eigenvalue weighted by atomic mass is 9.77. The molecule has 0 aromatic heterocycles. The molecule has 0 amide bonds. The molecule has 0 fully saturated rings. The Hall–Kier alpha value is -1.64. The van der Waals surface area contributed by atoms with Gasteiger partial charge in [0, 0.05) is 16.5 Å². The minimum absolute atomic E-state index is 0.212. The number of halogens is 2. The van der Waals surface area contributed by atoms with Crippen LogP contribution in [0, 0.1) is 5.92 Å². The third-order valence-corrected chi connectivity index (χ3v) is 5.77. The predicted molar refractivity (Wildman–Crippen MR) is 105 cm³/mol. The highest BCUT2D eigenvalue weighted by Gasteiger charge is 2.39. The van der Waals surface area contributed by atoms with Gasteiger partial charge in [-0.25, -0.2) is 0 Å². The molecule has 0 saturated carbocycles. The van der Waals surface area contributed by atoms with Crippen molar-refractivity contribution in [3.63, 3.8) is 0 Å². The number of fused-ring (bicyclic) bond motifs is 3. The lowest BCUT2D eigenvalue weighted by molar-refractivity contribution is 0.317. The molecule has 1 N–H and O–H groups in total. The van der Waals surface area contributed by atoms with E-state index in [-0.39, 0.29) is 6.04 Å². The van der Waals surface area contributed by atoms with E-state index >= 15 is 0 Å². The lowest BCUT2D eigenvalue weighted by Gasteiger charge is -2.38. The number of allylic oxidation sites excluding steroid dienone is 2. The maximum absolute atomic E-state index is 6.49. The first-order valence-electron chi connectivity index (χ1n) is 8.83. The predicted octanol–water partition coefficient (Wildman–Crippen LogP) is 6.61. The first kappa shape index (κ1) is 16.8. The quantitative estimate of drug-likeness (QED) is 0.608. The van der Waals surface area contributed by atoms with E-state index in [1.807, 2.05) is 12.1 Å². The van der Waals surface area contributed by atoms with Crippen molar-refractivity contribution in [2.75, 3.05) is 11.9 Å². The molecule has 1 heterocycles. The van der Waals surface area contributed by atoms with Gasteiger partial charge in [-0.1, -0.05) is 54.4 Å². The minimum atomic E-state index is 0.212. The van der Waals surface area contributed by atoms with Crippen molar-refractivity contribution < 1.29 is 4.74 Å². The van der Waals surface area contributed by atoms with Crippen LogP contribution < -0.4 is 10.1 Å². The van der Waals surface area contributed by atoms with Crippen molar-refractivity contribution in [1.82, 2.24) is 0 Å². The van der Waals surface area contributed by atoms with Gasteiger partial charge in [0.15, 0.2) is 0 Å². The average molecular weight is 374 g/mol. The van der Waals surface area contributed by atoms with Crippen LogP contribution >= 0.6 is 23.2 Å². The van der Waals surface area contributed by atoms with Crippen LogP contribution in [0.4, 0.5) is 5.69 Å². The van der Waals surface area contributed by atoms with Crippen molar-refractivity contribution >= 4 is 28.9 Å². The second-order valence-electron chi connectivity index (χ2n) is 6.71. The third kappa shape index (κ3) is 3.02. The lowest BCUT2D eigenvalue weighted by Crippen LogP contribution is -2.29. The van der Waals surface area contributed by atoms with Crippen LogP contribution in [0.1, 0.15) is 42.9 Å². The second-order valence-corrected chi connectivity index (χ2v) is 7.53. The molecule has 0 unspecified atom stereocenters. The smallest absolute Gasteiger partial charge is 0.119 e. The summed E-state index contributed by atoms with van der Waals surface area (Å²) in [5.74, 6) is 1.68. The zero-order valence-electron chi connectivity index (χ0n) is 14.1. The zero-order valence-corrected chi connectivity index (χ0v) is 15.6. The fraction of sp³-hybridized carbons (Fsp3) is 0.333. The van der Waals surface area contributed by atoms with E-state index < -0.39 is 0 Å². The van der Waals surface area contributed by atoms with Crippen LogP contribution in [0.25, 0.3) is 0 Å². The molecule has 2 aromatic rings. The molecule has 2 aromatic carbocycles. The molecule has 0 bridgehead atoms. The SMILES string of the molecule is CCCOc1ccc([C@@H]2Nc3c(Cl)ccc(Cl)c3[C@@H]3C=CC[C@@H]32)cc1. The van der Waals surface area contributed by atoms with Crippen molar-refractivity contribution in [2.45, 2.75) is 31.7 Å². The molecule has 25 heavy (non-hydrogen) atoms. The summed E-state index contributed by atoms with van der Waals surface area (Å²) in [5, 5.41) is 5.17. The Morgan fingerprint density at radius 3 is 2.60 bits per heavy atom. The molecule has 4 rings (SSSR count). The number of anilines is 1. The molecular weight excluding hydrogens is 353 g/mol.